The van der Waals surface area contributed by atoms with Gasteiger partial charge in [-0.25, -0.2) is 9.59 Å². The van der Waals surface area contributed by atoms with Crippen molar-refractivity contribution >= 4 is 41.4 Å². The number of hydroxylamine groups is 2. The number of carbonyl (C=O) groups excluding carboxylic acids is 7. The lowest BCUT2D eigenvalue weighted by atomic mass is 9.93. The van der Waals surface area contributed by atoms with Crippen LogP contribution in [0.4, 0.5) is 0 Å². The number of nitrogens with one attached hydrogen (secondary N) is 2. The van der Waals surface area contributed by atoms with Crippen LogP contribution in [0.25, 0.3) is 0 Å². The molecule has 232 valence electrons. The Morgan fingerprint density at radius 3 is 1.85 bits per heavy atom. The maximum Gasteiger partial charge on any atom is 0.376 e. The monoisotopic (exact) mass is 584 g/mol. The van der Waals surface area contributed by atoms with Gasteiger partial charge in [0.05, 0.1) is 18.5 Å². The van der Waals surface area contributed by atoms with Gasteiger partial charge in [-0.1, -0.05) is 27.7 Å². The van der Waals surface area contributed by atoms with Gasteiger partial charge in [0.2, 0.25) is 11.8 Å². The number of imide groups is 1. The van der Waals surface area contributed by atoms with E-state index in [1.54, 1.807) is 0 Å². The van der Waals surface area contributed by atoms with Crippen LogP contribution in [0, 0.1) is 11.8 Å². The summed E-state index contributed by atoms with van der Waals surface area (Å²) >= 11 is 0. The molecule has 1 saturated heterocycles. The Balaban J connectivity index is 3.11. The molecule has 0 aromatic heterocycles. The molecule has 0 radical (unpaired) electrons. The number of nitrogens with two attached hydrogens (primary N) is 1. The third kappa shape index (κ3) is 10.8. The Labute approximate surface area is 240 Å². The Hall–Kier alpha value is -3.39. The Kier molecular flexibility index (Phi) is 12.6. The molecule has 0 aromatic rings. The zero-order valence-corrected chi connectivity index (χ0v) is 25.1. The van der Waals surface area contributed by atoms with Gasteiger partial charge in [0, 0.05) is 12.8 Å². The van der Waals surface area contributed by atoms with Crippen LogP contribution in [0.1, 0.15) is 87.5 Å². The van der Waals surface area contributed by atoms with Crippen molar-refractivity contribution in [3.05, 3.63) is 0 Å². The first-order valence-electron chi connectivity index (χ1n) is 13.6. The molecule has 5 N–H and O–H groups in total. The van der Waals surface area contributed by atoms with Gasteiger partial charge in [0.15, 0.2) is 5.78 Å². The van der Waals surface area contributed by atoms with E-state index < -0.39 is 77.1 Å². The van der Waals surface area contributed by atoms with Crippen molar-refractivity contribution in [1.82, 2.24) is 15.7 Å². The molecular weight excluding hydrogens is 540 g/mol. The number of rotatable bonds is 14. The zero-order valence-electron chi connectivity index (χ0n) is 25.1. The lowest BCUT2D eigenvalue weighted by Crippen LogP contribution is -2.57. The van der Waals surface area contributed by atoms with Gasteiger partial charge >= 0.3 is 11.9 Å². The molecule has 0 spiro atoms. The molecule has 14 nitrogen and oxygen atoms in total. The normalized spacial score (nSPS) is 17.5. The molecule has 0 aliphatic carbocycles. The van der Waals surface area contributed by atoms with Gasteiger partial charge < -0.3 is 31.0 Å². The smallest absolute Gasteiger partial charge is 0.376 e. The van der Waals surface area contributed by atoms with Gasteiger partial charge in [0.25, 0.3) is 17.4 Å². The minimum absolute atomic E-state index is 0.0265. The number of hydrogen-bond donors (Lipinski definition) is 4. The average molecular weight is 585 g/mol. The Morgan fingerprint density at radius 1 is 0.878 bits per heavy atom. The highest BCUT2D eigenvalue weighted by Crippen LogP contribution is 2.23. The summed E-state index contributed by atoms with van der Waals surface area (Å²) in [6.45, 7) is 13.1. The first-order valence-corrected chi connectivity index (χ1v) is 13.6. The number of amides is 4. The molecule has 1 heterocycles. The van der Waals surface area contributed by atoms with Gasteiger partial charge in [-0.2, -0.15) is 0 Å². The summed E-state index contributed by atoms with van der Waals surface area (Å²) in [4.78, 5) is 93.0. The van der Waals surface area contributed by atoms with Gasteiger partial charge in [-0.05, 0) is 52.4 Å². The topological polar surface area (TPSA) is 211 Å². The highest BCUT2D eigenvalue weighted by atomic mass is 16.7. The molecule has 0 saturated carbocycles. The van der Waals surface area contributed by atoms with E-state index in [-0.39, 0.29) is 36.2 Å². The van der Waals surface area contributed by atoms with E-state index in [4.69, 9.17) is 15.3 Å². The number of ketones is 1. The van der Waals surface area contributed by atoms with Crippen LogP contribution >= 0.6 is 0 Å². The standard InChI is InChI=1S/C27H44N4O10/c1-14(2)11-17(28)22(35)30-18(12-15(3)4)23(36)29-16(5)19(32)13-27(39,24(37)40-26(6,7)8)25(38)41-31-20(33)9-10-21(31)34/h14-18,39H,9-13,28H2,1-8H3,(H,29,36)(H,30,35)/t16-,17-,18-,27?/m0/s1. The Bertz CT molecular complexity index is 1020. The molecule has 4 atom stereocenters. The third-order valence-corrected chi connectivity index (χ3v) is 5.93. The van der Waals surface area contributed by atoms with Crippen LogP contribution in [0.3, 0.4) is 0 Å². The van der Waals surface area contributed by atoms with Crippen LogP contribution in [0.5, 0.6) is 0 Å². The number of aliphatic hydroxyl groups is 1. The van der Waals surface area contributed by atoms with Crippen LogP contribution in [0.15, 0.2) is 0 Å². The van der Waals surface area contributed by atoms with Crippen molar-refractivity contribution < 1.29 is 48.2 Å². The number of carbonyl (C=O) groups is 7. The molecule has 4 amide bonds. The molecule has 1 aliphatic heterocycles. The minimum atomic E-state index is -3.25. The summed E-state index contributed by atoms with van der Waals surface area (Å²) < 4.78 is 5.10. The van der Waals surface area contributed by atoms with Crippen LogP contribution in [-0.4, -0.2) is 80.8 Å². The number of Topliss-reactive ketones (excluding diaryl/α,β-unsaturated/α-hetero) is 1. The van der Waals surface area contributed by atoms with Crippen molar-refractivity contribution in [3.8, 4) is 0 Å². The molecule has 14 heteroatoms. The van der Waals surface area contributed by atoms with Crippen molar-refractivity contribution in [3.63, 3.8) is 0 Å². The summed E-state index contributed by atoms with van der Waals surface area (Å²) in [5, 5.41) is 16.2. The second-order valence-corrected chi connectivity index (χ2v) is 12.1. The second kappa shape index (κ2) is 14.5. The number of nitrogens with zero attached hydrogens (tertiary/aromatic N) is 1. The van der Waals surface area contributed by atoms with E-state index in [1.165, 1.54) is 27.7 Å². The van der Waals surface area contributed by atoms with Crippen LogP contribution < -0.4 is 16.4 Å². The average Bonchev–Trinajstić information content (AvgIpc) is 3.13. The third-order valence-electron chi connectivity index (χ3n) is 5.93. The van der Waals surface area contributed by atoms with Crippen LogP contribution in [0.2, 0.25) is 0 Å². The predicted molar refractivity (Wildman–Crippen MR) is 144 cm³/mol. The maximum absolute atomic E-state index is 13.1. The van der Waals surface area contributed by atoms with Crippen molar-refractivity contribution in [1.29, 1.82) is 0 Å². The molecule has 1 aliphatic rings. The molecule has 0 aromatic carbocycles. The first-order chi connectivity index (χ1) is 18.7. The minimum Gasteiger partial charge on any atom is -0.457 e. The fourth-order valence-electron chi connectivity index (χ4n) is 3.80. The largest absolute Gasteiger partial charge is 0.457 e. The summed E-state index contributed by atoms with van der Waals surface area (Å²) in [6, 6.07) is -3.24. The van der Waals surface area contributed by atoms with E-state index in [0.717, 1.165) is 0 Å². The molecule has 1 fully saturated rings. The summed E-state index contributed by atoms with van der Waals surface area (Å²) in [6.07, 6.45) is -1.08. The fraction of sp³-hybridized carbons (Fsp3) is 0.741. The maximum atomic E-state index is 13.1. The highest BCUT2D eigenvalue weighted by molar-refractivity contribution is 6.09. The van der Waals surface area contributed by atoms with E-state index in [1.807, 2.05) is 27.7 Å². The lowest BCUT2D eigenvalue weighted by Gasteiger charge is -2.30. The van der Waals surface area contributed by atoms with E-state index in [2.05, 4.69) is 10.6 Å². The van der Waals surface area contributed by atoms with E-state index in [0.29, 0.717) is 6.42 Å². The molecule has 41 heavy (non-hydrogen) atoms. The highest BCUT2D eigenvalue weighted by Gasteiger charge is 2.53. The quantitative estimate of drug-likeness (QED) is 0.121. The number of ether oxygens (including phenoxy) is 1. The summed E-state index contributed by atoms with van der Waals surface area (Å²) in [5.74, 6) is -7.18. The molecule has 0 bridgehead atoms. The molecule has 1 unspecified atom stereocenters. The van der Waals surface area contributed by atoms with E-state index in [9.17, 15) is 38.7 Å². The second-order valence-electron chi connectivity index (χ2n) is 12.1. The van der Waals surface area contributed by atoms with Gasteiger partial charge in [-0.15, -0.1) is 5.06 Å². The van der Waals surface area contributed by atoms with Crippen molar-refractivity contribution in [2.24, 2.45) is 17.6 Å². The van der Waals surface area contributed by atoms with E-state index >= 15 is 0 Å². The fourth-order valence-corrected chi connectivity index (χ4v) is 3.80. The van der Waals surface area contributed by atoms with Crippen LogP contribution in [-0.2, 0) is 43.1 Å². The number of esters is 1. The predicted octanol–water partition coefficient (Wildman–Crippen LogP) is 0.0346. The molecular formula is C27H44N4O10. The van der Waals surface area contributed by atoms with Gasteiger partial charge in [0.1, 0.15) is 11.6 Å². The van der Waals surface area contributed by atoms with Gasteiger partial charge in [-0.3, -0.25) is 24.0 Å². The summed E-state index contributed by atoms with van der Waals surface area (Å²) in [7, 11) is 0. The number of hydrogen-bond acceptors (Lipinski definition) is 11. The van der Waals surface area contributed by atoms with Crippen molar-refractivity contribution in [2.75, 3.05) is 0 Å². The Morgan fingerprint density at radius 2 is 1.39 bits per heavy atom. The first kappa shape index (κ1) is 35.6. The SMILES string of the molecule is CC(C)C[C@H](NC(=O)[C@@H](N)CC(C)C)C(=O)N[C@@H](C)C(=O)CC(O)(C(=O)ON1C(=O)CCC1=O)C(=O)OC(C)(C)C. The summed E-state index contributed by atoms with van der Waals surface area (Å²) in [5.41, 5.74) is 1.48. The zero-order chi connectivity index (χ0) is 31.9. The van der Waals surface area contributed by atoms with Crippen molar-refractivity contribution in [2.45, 2.75) is 117 Å². The lowest BCUT2D eigenvalue weighted by molar-refractivity contribution is -0.218. The molecule has 1 rings (SSSR count).